The van der Waals surface area contributed by atoms with Gasteiger partial charge < -0.3 is 14.9 Å². The van der Waals surface area contributed by atoms with Crippen molar-refractivity contribution in [1.29, 1.82) is 0 Å². The molecule has 0 amide bonds. The molecule has 1 heterocycles. The van der Waals surface area contributed by atoms with Crippen molar-refractivity contribution in [3.05, 3.63) is 23.4 Å². The van der Waals surface area contributed by atoms with E-state index in [-0.39, 0.29) is 17.9 Å². The first-order valence-corrected chi connectivity index (χ1v) is 3.63. The van der Waals surface area contributed by atoms with E-state index in [0.29, 0.717) is 0 Å². The van der Waals surface area contributed by atoms with Crippen molar-refractivity contribution in [2.24, 2.45) is 0 Å². The van der Waals surface area contributed by atoms with E-state index in [1.807, 2.05) is 0 Å². The monoisotopic (exact) mass is 211 g/mol. The summed E-state index contributed by atoms with van der Waals surface area (Å²) in [5.74, 6) is -3.12. The number of hydrogen-bond acceptors (Lipinski definition) is 5. The highest BCUT2D eigenvalue weighted by molar-refractivity contribution is 5.92. The normalized spacial score (nSPS) is 9.33. The van der Waals surface area contributed by atoms with Crippen LogP contribution >= 0.6 is 0 Å². The van der Waals surface area contributed by atoms with Gasteiger partial charge in [0.1, 0.15) is 0 Å². The van der Waals surface area contributed by atoms with Crippen molar-refractivity contribution in [3.8, 4) is 5.88 Å². The van der Waals surface area contributed by atoms with Crippen LogP contribution in [0.2, 0.25) is 0 Å². The van der Waals surface area contributed by atoms with Crippen LogP contribution < -0.4 is 4.74 Å². The van der Waals surface area contributed by atoms with Crippen molar-refractivity contribution in [3.63, 3.8) is 0 Å². The molecule has 0 bridgehead atoms. The molecule has 0 spiro atoms. The van der Waals surface area contributed by atoms with Gasteiger partial charge in [0.15, 0.2) is 5.69 Å². The SMILES string of the molecule is O=COc1cc(C(=O)O)cc(C(=O)O)n1. The Morgan fingerprint density at radius 1 is 1.27 bits per heavy atom. The van der Waals surface area contributed by atoms with Crippen molar-refractivity contribution < 1.29 is 29.3 Å². The summed E-state index contributed by atoms with van der Waals surface area (Å²) in [6.07, 6.45) is 0. The molecular formula is C8H5NO6. The van der Waals surface area contributed by atoms with Gasteiger partial charge in [0.05, 0.1) is 5.56 Å². The number of pyridine rings is 1. The Kier molecular flexibility index (Phi) is 2.97. The van der Waals surface area contributed by atoms with Crippen LogP contribution in [0.1, 0.15) is 20.8 Å². The summed E-state index contributed by atoms with van der Waals surface area (Å²) in [6, 6.07) is 1.81. The maximum Gasteiger partial charge on any atom is 0.354 e. The fourth-order valence-corrected chi connectivity index (χ4v) is 0.848. The largest absolute Gasteiger partial charge is 0.478 e. The fraction of sp³-hybridized carbons (Fsp3) is 0. The van der Waals surface area contributed by atoms with Gasteiger partial charge in [0.2, 0.25) is 5.88 Å². The number of carboxylic acids is 2. The number of nitrogens with zero attached hydrogens (tertiary/aromatic N) is 1. The molecule has 0 unspecified atom stereocenters. The van der Waals surface area contributed by atoms with Crippen LogP contribution in [0.5, 0.6) is 5.88 Å². The predicted octanol–water partition coefficient (Wildman–Crippen LogP) is 0.0132. The highest BCUT2D eigenvalue weighted by atomic mass is 16.5. The molecule has 78 valence electrons. The van der Waals surface area contributed by atoms with Crippen LogP contribution in [0.25, 0.3) is 0 Å². The van der Waals surface area contributed by atoms with E-state index >= 15 is 0 Å². The third kappa shape index (κ3) is 2.50. The molecule has 0 aliphatic rings. The maximum atomic E-state index is 10.6. The Morgan fingerprint density at radius 3 is 2.40 bits per heavy atom. The third-order valence-corrected chi connectivity index (χ3v) is 1.44. The van der Waals surface area contributed by atoms with Crippen LogP contribution in [0.15, 0.2) is 12.1 Å². The number of carbonyl (C=O) groups excluding carboxylic acids is 1. The molecule has 0 aliphatic heterocycles. The average molecular weight is 211 g/mol. The molecule has 0 radical (unpaired) electrons. The predicted molar refractivity (Wildman–Crippen MR) is 44.8 cm³/mol. The molecule has 1 aromatic heterocycles. The van der Waals surface area contributed by atoms with Crippen LogP contribution in [0.3, 0.4) is 0 Å². The molecule has 7 nitrogen and oxygen atoms in total. The van der Waals surface area contributed by atoms with E-state index in [2.05, 4.69) is 9.72 Å². The van der Waals surface area contributed by atoms with Gasteiger partial charge in [-0.2, -0.15) is 0 Å². The smallest absolute Gasteiger partial charge is 0.354 e. The highest BCUT2D eigenvalue weighted by Gasteiger charge is 2.13. The summed E-state index contributed by atoms with van der Waals surface area (Å²) in [5, 5.41) is 17.2. The van der Waals surface area contributed by atoms with E-state index in [9.17, 15) is 14.4 Å². The molecule has 0 saturated carbocycles. The molecule has 0 aromatic carbocycles. The zero-order valence-corrected chi connectivity index (χ0v) is 7.21. The Morgan fingerprint density at radius 2 is 1.93 bits per heavy atom. The van der Waals surface area contributed by atoms with Crippen molar-refractivity contribution in [1.82, 2.24) is 4.98 Å². The van der Waals surface area contributed by atoms with Gasteiger partial charge in [-0.15, -0.1) is 0 Å². The van der Waals surface area contributed by atoms with E-state index in [1.54, 1.807) is 0 Å². The number of rotatable bonds is 4. The Balaban J connectivity index is 3.25. The number of hydrogen-bond donors (Lipinski definition) is 2. The van der Waals surface area contributed by atoms with Crippen LogP contribution in [-0.4, -0.2) is 33.6 Å². The summed E-state index contributed by atoms with van der Waals surface area (Å²) in [5.41, 5.74) is -0.828. The van der Waals surface area contributed by atoms with Crippen molar-refractivity contribution in [2.45, 2.75) is 0 Å². The zero-order valence-electron chi connectivity index (χ0n) is 7.21. The summed E-state index contributed by atoms with van der Waals surface area (Å²) >= 11 is 0. The summed E-state index contributed by atoms with van der Waals surface area (Å²) < 4.78 is 4.27. The second-order valence-corrected chi connectivity index (χ2v) is 2.40. The molecule has 7 heteroatoms. The summed E-state index contributed by atoms with van der Waals surface area (Å²) in [4.78, 5) is 34.5. The first kappa shape index (κ1) is 10.6. The number of ether oxygens (including phenoxy) is 1. The lowest BCUT2D eigenvalue weighted by molar-refractivity contribution is -0.120. The van der Waals surface area contributed by atoms with Gasteiger partial charge in [-0.1, -0.05) is 0 Å². The topological polar surface area (TPSA) is 114 Å². The average Bonchev–Trinajstić information content (AvgIpc) is 2.17. The minimum absolute atomic E-state index is 0.0274. The molecule has 15 heavy (non-hydrogen) atoms. The summed E-state index contributed by atoms with van der Waals surface area (Å²) in [6.45, 7) is 0.0274. The van der Waals surface area contributed by atoms with Crippen LogP contribution in [0, 0.1) is 0 Å². The second-order valence-electron chi connectivity index (χ2n) is 2.40. The van der Waals surface area contributed by atoms with E-state index < -0.39 is 17.6 Å². The highest BCUT2D eigenvalue weighted by Crippen LogP contribution is 2.12. The molecule has 0 aliphatic carbocycles. The lowest BCUT2D eigenvalue weighted by atomic mass is 10.2. The molecule has 0 fully saturated rings. The fourth-order valence-electron chi connectivity index (χ4n) is 0.848. The molecule has 1 rings (SSSR count). The first-order chi connectivity index (χ1) is 7.04. The van der Waals surface area contributed by atoms with Gasteiger partial charge in [0, 0.05) is 6.07 Å². The van der Waals surface area contributed by atoms with E-state index in [4.69, 9.17) is 10.2 Å². The van der Waals surface area contributed by atoms with Gasteiger partial charge >= 0.3 is 11.9 Å². The van der Waals surface area contributed by atoms with Crippen LogP contribution in [-0.2, 0) is 4.79 Å². The third-order valence-electron chi connectivity index (χ3n) is 1.44. The first-order valence-electron chi connectivity index (χ1n) is 3.63. The Labute approximate surface area is 82.9 Å². The van der Waals surface area contributed by atoms with Gasteiger partial charge in [-0.25, -0.2) is 14.6 Å². The molecule has 1 aromatic rings. The maximum absolute atomic E-state index is 10.6. The van der Waals surface area contributed by atoms with Crippen molar-refractivity contribution >= 4 is 18.4 Å². The van der Waals surface area contributed by atoms with Gasteiger partial charge in [-0.3, -0.25) is 4.79 Å². The Hall–Kier alpha value is -2.44. The molecule has 0 atom stereocenters. The minimum atomic E-state index is -1.41. The van der Waals surface area contributed by atoms with Crippen LogP contribution in [0.4, 0.5) is 0 Å². The lowest BCUT2D eigenvalue weighted by Crippen LogP contribution is -2.07. The number of carboxylic acid groups (broad SMARTS) is 2. The molecule has 0 saturated heterocycles. The zero-order chi connectivity index (χ0) is 11.4. The summed E-state index contributed by atoms with van der Waals surface area (Å²) in [7, 11) is 0. The quantitative estimate of drug-likeness (QED) is 0.674. The lowest BCUT2D eigenvalue weighted by Gasteiger charge is -2.01. The van der Waals surface area contributed by atoms with Gasteiger partial charge in [-0.05, 0) is 6.07 Å². The second kappa shape index (κ2) is 4.18. The van der Waals surface area contributed by atoms with Crippen molar-refractivity contribution in [2.75, 3.05) is 0 Å². The number of aromatic nitrogens is 1. The number of aromatic carboxylic acids is 2. The van der Waals surface area contributed by atoms with E-state index in [1.165, 1.54) is 0 Å². The van der Waals surface area contributed by atoms with E-state index in [0.717, 1.165) is 12.1 Å². The number of carbonyl (C=O) groups is 3. The van der Waals surface area contributed by atoms with Gasteiger partial charge in [0.25, 0.3) is 6.47 Å². The standard InChI is InChI=1S/C8H5NO6/c10-3-15-6-2-4(7(11)12)1-5(9-6)8(13)14/h1-3H,(H,11,12)(H,13,14). The molecular weight excluding hydrogens is 206 g/mol. The minimum Gasteiger partial charge on any atom is -0.478 e. The Bertz CT molecular complexity index is 395. The molecule has 2 N–H and O–H groups in total.